The smallest absolute Gasteiger partial charge is 0.225 e. The van der Waals surface area contributed by atoms with Gasteiger partial charge in [0.1, 0.15) is 6.61 Å². The van der Waals surface area contributed by atoms with Gasteiger partial charge in [-0.2, -0.15) is 0 Å². The van der Waals surface area contributed by atoms with Crippen molar-refractivity contribution in [1.29, 1.82) is 0 Å². The first-order valence-corrected chi connectivity index (χ1v) is 10.3. The van der Waals surface area contributed by atoms with Gasteiger partial charge >= 0.3 is 0 Å². The summed E-state index contributed by atoms with van der Waals surface area (Å²) in [6.07, 6.45) is 8.11. The zero-order chi connectivity index (χ0) is 20.0. The molecule has 1 aromatic heterocycles. The van der Waals surface area contributed by atoms with Gasteiger partial charge in [0, 0.05) is 18.7 Å². The number of primary amides is 1. The molecule has 2 aliphatic rings. The van der Waals surface area contributed by atoms with E-state index < -0.39 is 11.3 Å². The number of carbonyl (C=O) groups excluding carboxylic acids is 1. The lowest BCUT2D eigenvalue weighted by molar-refractivity contribution is -0.132. The van der Waals surface area contributed by atoms with Gasteiger partial charge in [-0.1, -0.05) is 6.42 Å². The Hall–Kier alpha value is -2.06. The molecule has 0 radical (unpaired) electrons. The van der Waals surface area contributed by atoms with Crippen LogP contribution in [0.25, 0.3) is 0 Å². The largest absolute Gasteiger partial charge is 0.476 e. The molecular weight excluding hydrogens is 358 g/mol. The number of nitrogens with zero attached hydrogens (tertiary/aromatic N) is 2. The molecular formula is C20H33N5O3. The fraction of sp³-hybridized carbons (Fsp3) is 0.700. The number of carbonyl (C=O) groups is 1. The lowest BCUT2D eigenvalue weighted by Crippen LogP contribution is -2.45. The molecule has 1 amide bonds. The van der Waals surface area contributed by atoms with Crippen LogP contribution in [0.2, 0.25) is 0 Å². The van der Waals surface area contributed by atoms with Crippen LogP contribution in [0.15, 0.2) is 12.3 Å². The quantitative estimate of drug-likeness (QED) is 0.527. The molecule has 1 saturated heterocycles. The number of pyridine rings is 1. The third kappa shape index (κ3) is 5.05. The second-order valence-electron chi connectivity index (χ2n) is 8.08. The van der Waals surface area contributed by atoms with E-state index >= 15 is 0 Å². The number of hydrogen-bond acceptors (Lipinski definition) is 7. The second kappa shape index (κ2) is 9.43. The van der Waals surface area contributed by atoms with Gasteiger partial charge in [0.05, 0.1) is 29.6 Å². The Morgan fingerprint density at radius 1 is 1.32 bits per heavy atom. The number of nitrogen functional groups attached to an aromatic ring is 1. The summed E-state index contributed by atoms with van der Waals surface area (Å²) >= 11 is 0. The fourth-order valence-corrected chi connectivity index (χ4v) is 4.13. The molecule has 0 aromatic carbocycles. The topological polar surface area (TPSA) is 127 Å². The van der Waals surface area contributed by atoms with Gasteiger partial charge in [-0.25, -0.2) is 4.98 Å². The molecule has 3 rings (SSSR count). The number of hydrogen-bond donors (Lipinski definition) is 4. The van der Waals surface area contributed by atoms with Crippen LogP contribution >= 0.6 is 0 Å². The van der Waals surface area contributed by atoms with Gasteiger partial charge in [0.2, 0.25) is 11.8 Å². The van der Waals surface area contributed by atoms with Gasteiger partial charge in [-0.15, -0.1) is 0 Å². The minimum atomic E-state index is -0.787. The highest BCUT2D eigenvalue weighted by molar-refractivity contribution is 5.81. The monoisotopic (exact) mass is 391 g/mol. The van der Waals surface area contributed by atoms with E-state index in [-0.39, 0.29) is 12.6 Å². The first kappa shape index (κ1) is 20.7. The average molecular weight is 392 g/mol. The lowest BCUT2D eigenvalue weighted by atomic mass is 9.72. The van der Waals surface area contributed by atoms with Crippen LogP contribution in [0.1, 0.15) is 44.9 Å². The maximum Gasteiger partial charge on any atom is 0.225 e. The molecule has 28 heavy (non-hydrogen) atoms. The molecule has 1 aliphatic heterocycles. The predicted molar refractivity (Wildman–Crippen MR) is 109 cm³/mol. The third-order valence-corrected chi connectivity index (χ3v) is 6.14. The van der Waals surface area contributed by atoms with Crippen LogP contribution < -0.4 is 21.5 Å². The standard InChI is InChI=1S/C20H33N5O3/c21-16-13-23-18(28-11-10-25-8-2-1-3-9-25)12-17(16)24-15-4-6-20(14-26,7-5-15)19(22)27/h12-13,15,26H,1-11,14,21H2,(H2,22,27)(H,23,24). The third-order valence-electron chi connectivity index (χ3n) is 6.14. The second-order valence-corrected chi connectivity index (χ2v) is 8.08. The van der Waals surface area contributed by atoms with Gasteiger partial charge in [0.25, 0.3) is 0 Å². The van der Waals surface area contributed by atoms with Crippen LogP contribution in [0.3, 0.4) is 0 Å². The molecule has 8 nitrogen and oxygen atoms in total. The van der Waals surface area contributed by atoms with Crippen molar-refractivity contribution in [2.24, 2.45) is 11.1 Å². The molecule has 1 saturated carbocycles. The molecule has 0 unspecified atom stereocenters. The van der Waals surface area contributed by atoms with E-state index in [0.29, 0.717) is 31.0 Å². The molecule has 0 spiro atoms. The Labute approximate surface area is 166 Å². The highest BCUT2D eigenvalue weighted by atomic mass is 16.5. The van der Waals surface area contributed by atoms with E-state index in [1.54, 1.807) is 6.20 Å². The van der Waals surface area contributed by atoms with E-state index in [9.17, 15) is 9.90 Å². The van der Waals surface area contributed by atoms with E-state index in [4.69, 9.17) is 16.2 Å². The number of likely N-dealkylation sites (tertiary alicyclic amines) is 1. The first-order chi connectivity index (χ1) is 13.5. The Bertz CT molecular complexity index is 655. The lowest BCUT2D eigenvalue weighted by Gasteiger charge is -2.37. The van der Waals surface area contributed by atoms with Crippen LogP contribution in [-0.4, -0.2) is 59.8 Å². The van der Waals surface area contributed by atoms with Crippen molar-refractivity contribution < 1.29 is 14.6 Å². The van der Waals surface area contributed by atoms with Gasteiger partial charge in [-0.05, 0) is 51.6 Å². The summed E-state index contributed by atoms with van der Waals surface area (Å²) in [5.41, 5.74) is 12.1. The van der Waals surface area contributed by atoms with Crippen LogP contribution in [0, 0.1) is 5.41 Å². The molecule has 0 bridgehead atoms. The maximum atomic E-state index is 11.7. The molecule has 2 fully saturated rings. The van der Waals surface area contributed by atoms with Crippen molar-refractivity contribution in [3.63, 3.8) is 0 Å². The van der Waals surface area contributed by atoms with E-state index in [1.165, 1.54) is 19.3 Å². The zero-order valence-corrected chi connectivity index (χ0v) is 16.5. The van der Waals surface area contributed by atoms with Gasteiger partial charge in [0.15, 0.2) is 0 Å². The Morgan fingerprint density at radius 3 is 2.68 bits per heavy atom. The molecule has 0 atom stereocenters. The summed E-state index contributed by atoms with van der Waals surface area (Å²) in [6.45, 7) is 3.62. The number of aliphatic hydroxyl groups is 1. The molecule has 8 heteroatoms. The van der Waals surface area contributed by atoms with Crippen LogP contribution in [-0.2, 0) is 4.79 Å². The van der Waals surface area contributed by atoms with Crippen molar-refractivity contribution >= 4 is 17.3 Å². The van der Waals surface area contributed by atoms with E-state index in [1.807, 2.05) is 6.07 Å². The Balaban J connectivity index is 1.51. The minimum Gasteiger partial charge on any atom is -0.476 e. The first-order valence-electron chi connectivity index (χ1n) is 10.3. The zero-order valence-electron chi connectivity index (χ0n) is 16.5. The minimum absolute atomic E-state index is 0.171. The fourth-order valence-electron chi connectivity index (χ4n) is 4.13. The summed E-state index contributed by atoms with van der Waals surface area (Å²) in [7, 11) is 0. The number of ether oxygens (including phenoxy) is 1. The molecule has 2 heterocycles. The van der Waals surface area contributed by atoms with Gasteiger partial charge < -0.3 is 26.6 Å². The van der Waals surface area contributed by atoms with Crippen molar-refractivity contribution in [3.8, 4) is 5.88 Å². The Morgan fingerprint density at radius 2 is 2.04 bits per heavy atom. The van der Waals surface area contributed by atoms with Crippen LogP contribution in [0.4, 0.5) is 11.4 Å². The van der Waals surface area contributed by atoms with Crippen molar-refractivity contribution in [2.75, 3.05) is 43.9 Å². The summed E-state index contributed by atoms with van der Waals surface area (Å²) in [5.74, 6) is 0.146. The number of nitrogens with two attached hydrogens (primary N) is 2. The number of rotatable bonds is 8. The van der Waals surface area contributed by atoms with Crippen molar-refractivity contribution in [1.82, 2.24) is 9.88 Å². The predicted octanol–water partition coefficient (Wildman–Crippen LogP) is 1.35. The maximum absolute atomic E-state index is 11.7. The Kier molecular flexibility index (Phi) is 6.96. The van der Waals surface area contributed by atoms with Crippen molar-refractivity contribution in [3.05, 3.63) is 12.3 Å². The number of piperidine rings is 1. The number of aromatic nitrogens is 1. The average Bonchev–Trinajstić information content (AvgIpc) is 2.71. The van der Waals surface area contributed by atoms with E-state index in [0.717, 1.165) is 38.2 Å². The number of anilines is 2. The van der Waals surface area contributed by atoms with Crippen molar-refractivity contribution in [2.45, 2.75) is 51.0 Å². The number of amides is 1. The summed E-state index contributed by atoms with van der Waals surface area (Å²) < 4.78 is 5.83. The number of nitrogens with one attached hydrogen (secondary N) is 1. The normalized spacial score (nSPS) is 26.0. The highest BCUT2D eigenvalue weighted by Gasteiger charge is 2.40. The van der Waals surface area contributed by atoms with Gasteiger partial charge in [-0.3, -0.25) is 9.69 Å². The summed E-state index contributed by atoms with van der Waals surface area (Å²) in [5, 5.41) is 13.0. The molecule has 1 aromatic rings. The van der Waals surface area contributed by atoms with Crippen LogP contribution in [0.5, 0.6) is 5.88 Å². The molecule has 1 aliphatic carbocycles. The number of aliphatic hydroxyl groups excluding tert-OH is 1. The summed E-state index contributed by atoms with van der Waals surface area (Å²) in [4.78, 5) is 18.4. The summed E-state index contributed by atoms with van der Waals surface area (Å²) in [6, 6.07) is 2.01. The molecule has 156 valence electrons. The molecule has 6 N–H and O–H groups in total. The SMILES string of the molecule is NC(=O)C1(CO)CCC(Nc2cc(OCCN3CCCCC3)ncc2N)CC1. The van der Waals surface area contributed by atoms with E-state index in [2.05, 4.69) is 15.2 Å². The highest BCUT2D eigenvalue weighted by Crippen LogP contribution is 2.37.